The second kappa shape index (κ2) is 5.05. The fourth-order valence-electron chi connectivity index (χ4n) is 1.48. The molecule has 0 spiro atoms. The van der Waals surface area contributed by atoms with Gasteiger partial charge in [-0.25, -0.2) is 15.8 Å². The van der Waals surface area contributed by atoms with Gasteiger partial charge in [0.25, 0.3) is 0 Å². The largest absolute Gasteiger partial charge is 0.308 e. The number of nitrogens with two attached hydrogens (primary N) is 1. The lowest BCUT2D eigenvalue weighted by atomic mass is 10.2. The van der Waals surface area contributed by atoms with Gasteiger partial charge < -0.3 is 5.43 Å². The number of hydrazine groups is 1. The lowest BCUT2D eigenvalue weighted by molar-refractivity contribution is 0.969. The summed E-state index contributed by atoms with van der Waals surface area (Å²) in [6.07, 6.45) is 0. The SMILES string of the molecule is CCSCc1nc2c(c(NN)n1)CSC2. The highest BCUT2D eigenvalue weighted by Crippen LogP contribution is 2.32. The molecule has 6 heteroatoms. The first kappa shape index (κ1) is 11.0. The van der Waals surface area contributed by atoms with Crippen LogP contribution in [0.15, 0.2) is 0 Å². The van der Waals surface area contributed by atoms with Crippen molar-refractivity contribution in [2.45, 2.75) is 24.2 Å². The van der Waals surface area contributed by atoms with E-state index in [1.807, 2.05) is 23.5 Å². The predicted octanol–water partition coefficient (Wildman–Crippen LogP) is 1.76. The van der Waals surface area contributed by atoms with Gasteiger partial charge in [-0.15, -0.1) is 0 Å². The first-order valence-corrected chi connectivity index (χ1v) is 7.16. The molecule has 0 amide bonds. The number of anilines is 1. The van der Waals surface area contributed by atoms with E-state index in [0.717, 1.165) is 40.3 Å². The molecule has 0 unspecified atom stereocenters. The second-order valence-electron chi connectivity index (χ2n) is 3.19. The summed E-state index contributed by atoms with van der Waals surface area (Å²) in [6.45, 7) is 2.13. The van der Waals surface area contributed by atoms with E-state index in [2.05, 4.69) is 22.3 Å². The molecule has 1 aromatic heterocycles. The van der Waals surface area contributed by atoms with Crippen LogP contribution in [0, 0.1) is 0 Å². The molecule has 0 atom stereocenters. The normalized spacial score (nSPS) is 14.0. The molecule has 0 saturated carbocycles. The van der Waals surface area contributed by atoms with E-state index in [1.165, 1.54) is 5.56 Å². The molecule has 4 nitrogen and oxygen atoms in total. The molecule has 3 N–H and O–H groups in total. The summed E-state index contributed by atoms with van der Waals surface area (Å²) in [5, 5.41) is 0. The summed E-state index contributed by atoms with van der Waals surface area (Å²) < 4.78 is 0. The number of hydrogen-bond donors (Lipinski definition) is 2. The highest BCUT2D eigenvalue weighted by Gasteiger charge is 2.18. The Morgan fingerprint density at radius 3 is 3.07 bits per heavy atom. The van der Waals surface area contributed by atoms with Crippen LogP contribution >= 0.6 is 23.5 Å². The maximum absolute atomic E-state index is 5.46. The molecule has 2 heterocycles. The van der Waals surface area contributed by atoms with Crippen LogP contribution in [0.1, 0.15) is 24.0 Å². The molecule has 82 valence electrons. The lowest BCUT2D eigenvalue weighted by Crippen LogP contribution is -2.13. The highest BCUT2D eigenvalue weighted by molar-refractivity contribution is 7.98. The second-order valence-corrected chi connectivity index (χ2v) is 5.45. The molecular formula is C9H14N4S2. The molecule has 1 aliphatic rings. The minimum Gasteiger partial charge on any atom is -0.308 e. The Morgan fingerprint density at radius 2 is 2.33 bits per heavy atom. The molecular weight excluding hydrogens is 228 g/mol. The third kappa shape index (κ3) is 2.38. The van der Waals surface area contributed by atoms with Gasteiger partial charge >= 0.3 is 0 Å². The third-order valence-electron chi connectivity index (χ3n) is 2.20. The average Bonchev–Trinajstić information content (AvgIpc) is 2.73. The van der Waals surface area contributed by atoms with Gasteiger partial charge in [-0.05, 0) is 5.75 Å². The van der Waals surface area contributed by atoms with Crippen LogP contribution in [-0.2, 0) is 17.3 Å². The van der Waals surface area contributed by atoms with Gasteiger partial charge in [0.1, 0.15) is 11.6 Å². The van der Waals surface area contributed by atoms with E-state index in [-0.39, 0.29) is 0 Å². The molecule has 1 aromatic rings. The maximum Gasteiger partial charge on any atom is 0.148 e. The van der Waals surface area contributed by atoms with E-state index in [1.54, 1.807) is 0 Å². The van der Waals surface area contributed by atoms with Crippen LogP contribution in [0.3, 0.4) is 0 Å². The van der Waals surface area contributed by atoms with E-state index < -0.39 is 0 Å². The highest BCUT2D eigenvalue weighted by atomic mass is 32.2. The number of thioether (sulfide) groups is 2. The molecule has 0 bridgehead atoms. The van der Waals surface area contributed by atoms with Crippen LogP contribution in [0.5, 0.6) is 0 Å². The van der Waals surface area contributed by atoms with Crippen molar-refractivity contribution in [2.24, 2.45) is 5.84 Å². The first-order valence-electron chi connectivity index (χ1n) is 4.86. The standard InChI is InChI=1S/C9H14N4S2/c1-2-14-5-8-11-7-4-15-3-6(7)9(12-8)13-10/h2-5,10H2,1H3,(H,11,12,13). The van der Waals surface area contributed by atoms with Crippen molar-refractivity contribution < 1.29 is 0 Å². The fraction of sp³-hybridized carbons (Fsp3) is 0.556. The van der Waals surface area contributed by atoms with Gasteiger partial charge in [-0.3, -0.25) is 0 Å². The summed E-state index contributed by atoms with van der Waals surface area (Å²) >= 11 is 3.69. The van der Waals surface area contributed by atoms with Crippen molar-refractivity contribution in [1.82, 2.24) is 9.97 Å². The number of nitrogens with one attached hydrogen (secondary N) is 1. The summed E-state index contributed by atoms with van der Waals surface area (Å²) in [4.78, 5) is 8.97. The first-order chi connectivity index (χ1) is 7.35. The van der Waals surface area contributed by atoms with Crippen molar-refractivity contribution >= 4 is 29.3 Å². The van der Waals surface area contributed by atoms with Crippen LogP contribution < -0.4 is 11.3 Å². The summed E-state index contributed by atoms with van der Waals surface area (Å²) in [6, 6.07) is 0. The summed E-state index contributed by atoms with van der Waals surface area (Å²) in [7, 11) is 0. The van der Waals surface area contributed by atoms with Gasteiger partial charge in [-0.2, -0.15) is 23.5 Å². The van der Waals surface area contributed by atoms with Crippen LogP contribution in [0.4, 0.5) is 5.82 Å². The summed E-state index contributed by atoms with van der Waals surface area (Å²) in [5.74, 6) is 11.1. The molecule has 0 fully saturated rings. The number of nitrogen functional groups attached to an aromatic ring is 1. The number of hydrogen-bond acceptors (Lipinski definition) is 6. The quantitative estimate of drug-likeness (QED) is 0.619. The van der Waals surface area contributed by atoms with Crippen LogP contribution in [0.25, 0.3) is 0 Å². The zero-order valence-electron chi connectivity index (χ0n) is 8.62. The van der Waals surface area contributed by atoms with Crippen LogP contribution in [-0.4, -0.2) is 15.7 Å². The molecule has 0 aromatic carbocycles. The summed E-state index contributed by atoms with van der Waals surface area (Å²) in [5.41, 5.74) is 4.99. The Morgan fingerprint density at radius 1 is 1.47 bits per heavy atom. The van der Waals surface area contributed by atoms with Crippen LogP contribution in [0.2, 0.25) is 0 Å². The van der Waals surface area contributed by atoms with Gasteiger partial charge in [0, 0.05) is 17.1 Å². The minimum atomic E-state index is 0.803. The Kier molecular flexibility index (Phi) is 3.71. The van der Waals surface area contributed by atoms with Gasteiger partial charge in [0.15, 0.2) is 0 Å². The van der Waals surface area contributed by atoms with Gasteiger partial charge in [0.05, 0.1) is 11.4 Å². The zero-order valence-corrected chi connectivity index (χ0v) is 10.2. The molecule has 15 heavy (non-hydrogen) atoms. The van der Waals surface area contributed by atoms with E-state index in [0.29, 0.717) is 0 Å². The Labute approximate surface area is 97.8 Å². The zero-order chi connectivity index (χ0) is 10.7. The number of rotatable bonds is 4. The molecule has 0 aliphatic carbocycles. The average molecular weight is 242 g/mol. The Bertz CT molecular complexity index is 356. The van der Waals surface area contributed by atoms with Crippen molar-refractivity contribution in [3.63, 3.8) is 0 Å². The van der Waals surface area contributed by atoms with Gasteiger partial charge in [0.2, 0.25) is 0 Å². The van der Waals surface area contributed by atoms with E-state index >= 15 is 0 Å². The number of nitrogens with zero attached hydrogens (tertiary/aromatic N) is 2. The lowest BCUT2D eigenvalue weighted by Gasteiger charge is -2.08. The monoisotopic (exact) mass is 242 g/mol. The number of aromatic nitrogens is 2. The Hall–Kier alpha value is -0.460. The third-order valence-corrected chi connectivity index (χ3v) is 4.04. The molecule has 0 saturated heterocycles. The van der Waals surface area contributed by atoms with Crippen molar-refractivity contribution in [2.75, 3.05) is 11.2 Å². The number of fused-ring (bicyclic) bond motifs is 1. The molecule has 2 rings (SSSR count). The van der Waals surface area contributed by atoms with Gasteiger partial charge in [-0.1, -0.05) is 6.92 Å². The predicted molar refractivity (Wildman–Crippen MR) is 66.7 cm³/mol. The Balaban J connectivity index is 2.26. The van der Waals surface area contributed by atoms with E-state index in [4.69, 9.17) is 5.84 Å². The molecule has 0 radical (unpaired) electrons. The van der Waals surface area contributed by atoms with Crippen molar-refractivity contribution in [1.29, 1.82) is 0 Å². The maximum atomic E-state index is 5.46. The van der Waals surface area contributed by atoms with E-state index in [9.17, 15) is 0 Å². The van der Waals surface area contributed by atoms with Crippen molar-refractivity contribution in [3.8, 4) is 0 Å². The molecule has 1 aliphatic heterocycles. The fourth-order valence-corrected chi connectivity index (χ4v) is 3.04. The smallest absolute Gasteiger partial charge is 0.148 e. The minimum absolute atomic E-state index is 0.803. The topological polar surface area (TPSA) is 63.8 Å². The van der Waals surface area contributed by atoms with Crippen molar-refractivity contribution in [3.05, 3.63) is 17.1 Å².